The van der Waals surface area contributed by atoms with Crippen molar-refractivity contribution in [3.63, 3.8) is 0 Å². The summed E-state index contributed by atoms with van der Waals surface area (Å²) in [6, 6.07) is 14.6. The Kier molecular flexibility index (Phi) is 7.34. The summed E-state index contributed by atoms with van der Waals surface area (Å²) in [6.45, 7) is 1.23. The first-order valence-electron chi connectivity index (χ1n) is 9.35. The minimum atomic E-state index is -1.25. The van der Waals surface area contributed by atoms with Crippen molar-refractivity contribution in [1.82, 2.24) is 0 Å². The van der Waals surface area contributed by atoms with Crippen LogP contribution >= 0.6 is 22.9 Å². The maximum absolute atomic E-state index is 11.6. The number of thiophene rings is 1. The Balaban J connectivity index is 1.82. The number of halogens is 1. The van der Waals surface area contributed by atoms with Crippen molar-refractivity contribution in [1.29, 1.82) is 0 Å². The van der Waals surface area contributed by atoms with Crippen molar-refractivity contribution in [2.24, 2.45) is 0 Å². The van der Waals surface area contributed by atoms with Crippen molar-refractivity contribution in [2.75, 3.05) is 17.2 Å². The summed E-state index contributed by atoms with van der Waals surface area (Å²) >= 11 is 7.26. The summed E-state index contributed by atoms with van der Waals surface area (Å²) in [5, 5.41) is 24.3. The van der Waals surface area contributed by atoms with Crippen LogP contribution in [0.1, 0.15) is 22.2 Å². The van der Waals surface area contributed by atoms with Gasteiger partial charge in [0.2, 0.25) is 5.91 Å². The Hall–Kier alpha value is -3.56. The van der Waals surface area contributed by atoms with E-state index in [9.17, 15) is 19.5 Å². The molecule has 32 heavy (non-hydrogen) atoms. The maximum Gasteiger partial charge on any atom is 0.349 e. The van der Waals surface area contributed by atoms with Crippen molar-refractivity contribution >= 4 is 52.2 Å². The van der Waals surface area contributed by atoms with Crippen molar-refractivity contribution in [3.8, 4) is 16.2 Å². The molecule has 3 rings (SSSR count). The highest BCUT2D eigenvalue weighted by molar-refractivity contribution is 7.18. The lowest BCUT2D eigenvalue weighted by Crippen LogP contribution is -2.10. The molecule has 1 amide bonds. The second-order valence-corrected chi connectivity index (χ2v) is 8.11. The molecule has 0 fully saturated rings. The second kappa shape index (κ2) is 10.2. The predicted octanol–water partition coefficient (Wildman–Crippen LogP) is 4.80. The van der Waals surface area contributed by atoms with E-state index in [-0.39, 0.29) is 21.6 Å². The van der Waals surface area contributed by atoms with E-state index in [2.05, 4.69) is 10.6 Å². The van der Waals surface area contributed by atoms with Crippen LogP contribution in [0, 0.1) is 0 Å². The van der Waals surface area contributed by atoms with Gasteiger partial charge in [-0.1, -0.05) is 35.9 Å². The number of hydrogen-bond acceptors (Lipinski definition) is 6. The number of carbonyl (C=O) groups excluding carboxylic acids is 1. The minimum Gasteiger partial charge on any atom is -0.479 e. The van der Waals surface area contributed by atoms with Crippen LogP contribution in [0.4, 0.5) is 11.4 Å². The fraction of sp³-hybridized carbons (Fsp3) is 0.136. The van der Waals surface area contributed by atoms with Crippen LogP contribution in [0.15, 0.2) is 48.5 Å². The molecule has 1 aromatic heterocycles. The lowest BCUT2D eigenvalue weighted by Gasteiger charge is -2.10. The van der Waals surface area contributed by atoms with E-state index < -0.39 is 18.5 Å². The number of ether oxygens (including phenoxy) is 1. The average Bonchev–Trinajstić information content (AvgIpc) is 3.07. The molecule has 0 aliphatic heterocycles. The first kappa shape index (κ1) is 23.1. The van der Waals surface area contributed by atoms with Gasteiger partial charge in [-0.05, 0) is 35.4 Å². The molecule has 10 heteroatoms. The molecule has 0 radical (unpaired) electrons. The van der Waals surface area contributed by atoms with E-state index in [1.807, 2.05) is 30.3 Å². The third kappa shape index (κ3) is 5.77. The van der Waals surface area contributed by atoms with Crippen LogP contribution in [0.3, 0.4) is 0 Å². The summed E-state index contributed by atoms with van der Waals surface area (Å²) in [4.78, 5) is 33.9. The smallest absolute Gasteiger partial charge is 0.349 e. The number of hydrogen-bond donors (Lipinski definition) is 4. The van der Waals surface area contributed by atoms with Gasteiger partial charge in [0, 0.05) is 24.8 Å². The number of benzene rings is 2. The number of rotatable bonds is 9. The fourth-order valence-electron chi connectivity index (χ4n) is 2.92. The largest absolute Gasteiger partial charge is 0.479 e. The molecule has 3 aromatic rings. The number of aliphatic carboxylic acids is 1. The first-order chi connectivity index (χ1) is 15.2. The number of carboxylic acid groups (broad SMARTS) is 2. The van der Waals surface area contributed by atoms with Gasteiger partial charge in [0.05, 0.1) is 4.88 Å². The Morgan fingerprint density at radius 1 is 1.06 bits per heavy atom. The molecule has 1 heterocycles. The predicted molar refractivity (Wildman–Crippen MR) is 123 cm³/mol. The lowest BCUT2D eigenvalue weighted by atomic mass is 10.1. The molecular weight excluding hydrogens is 456 g/mol. The monoisotopic (exact) mass is 474 g/mol. The van der Waals surface area contributed by atoms with Crippen LogP contribution in [0.5, 0.6) is 5.75 Å². The Labute approximate surface area is 192 Å². The van der Waals surface area contributed by atoms with Crippen LogP contribution in [0.25, 0.3) is 10.4 Å². The Morgan fingerprint density at radius 3 is 2.47 bits per heavy atom. The van der Waals surface area contributed by atoms with Gasteiger partial charge in [-0.3, -0.25) is 4.79 Å². The van der Waals surface area contributed by atoms with E-state index in [0.29, 0.717) is 22.7 Å². The average molecular weight is 475 g/mol. The molecule has 8 nitrogen and oxygen atoms in total. The zero-order chi connectivity index (χ0) is 23.3. The number of anilines is 2. The van der Waals surface area contributed by atoms with E-state index in [0.717, 1.165) is 22.6 Å². The van der Waals surface area contributed by atoms with Gasteiger partial charge in [-0.15, -0.1) is 11.3 Å². The summed E-state index contributed by atoms with van der Waals surface area (Å²) in [5.41, 5.74) is 3.07. The fourth-order valence-corrected chi connectivity index (χ4v) is 4.32. The Morgan fingerprint density at radius 2 is 1.78 bits per heavy atom. The Bertz CT molecular complexity index is 1180. The quantitative estimate of drug-likeness (QED) is 0.351. The van der Waals surface area contributed by atoms with Gasteiger partial charge in [-0.25, -0.2) is 9.59 Å². The number of carbonyl (C=O) groups is 3. The standard InChI is InChI=1S/C22H19ClN2O6S/c1-12(26)25-16-7-2-4-13(8-16)10-24-15-6-3-5-14(9-15)20-18(23)19(31-11-17(27)28)21(32-20)22(29)30/h2-9,24H,10-11H2,1H3,(H,25,26)(H,27,28)(H,29,30). The number of aromatic carboxylic acids is 1. The van der Waals surface area contributed by atoms with Crippen molar-refractivity contribution in [3.05, 3.63) is 64.0 Å². The molecule has 0 bridgehead atoms. The summed E-state index contributed by atoms with van der Waals surface area (Å²) in [6.07, 6.45) is 0. The molecule has 0 aliphatic rings. The van der Waals surface area contributed by atoms with E-state index >= 15 is 0 Å². The van der Waals surface area contributed by atoms with E-state index in [1.165, 1.54) is 6.92 Å². The summed E-state index contributed by atoms with van der Waals surface area (Å²) in [7, 11) is 0. The summed E-state index contributed by atoms with van der Waals surface area (Å²) < 4.78 is 5.12. The van der Waals surface area contributed by atoms with Gasteiger partial charge >= 0.3 is 11.9 Å². The SMILES string of the molecule is CC(=O)Nc1cccc(CNc2cccc(-c3sc(C(=O)O)c(OCC(=O)O)c3Cl)c2)c1. The summed E-state index contributed by atoms with van der Waals surface area (Å²) in [5.74, 6) is -2.80. The maximum atomic E-state index is 11.6. The van der Waals surface area contributed by atoms with E-state index in [1.54, 1.807) is 18.2 Å². The minimum absolute atomic E-state index is 0.0498. The molecule has 0 unspecified atom stereocenters. The molecule has 2 aromatic carbocycles. The topological polar surface area (TPSA) is 125 Å². The number of nitrogens with one attached hydrogen (secondary N) is 2. The van der Waals surface area contributed by atoms with Crippen LogP contribution < -0.4 is 15.4 Å². The first-order valence-corrected chi connectivity index (χ1v) is 10.5. The van der Waals surface area contributed by atoms with Crippen LogP contribution in [0.2, 0.25) is 5.02 Å². The third-order valence-corrected chi connectivity index (χ3v) is 5.89. The highest BCUT2D eigenvalue weighted by Gasteiger charge is 2.24. The number of amides is 1. The van der Waals surface area contributed by atoms with Crippen molar-refractivity contribution in [2.45, 2.75) is 13.5 Å². The molecule has 0 spiro atoms. The zero-order valence-corrected chi connectivity index (χ0v) is 18.4. The molecule has 0 aliphatic carbocycles. The van der Waals surface area contributed by atoms with Gasteiger partial charge in [0.1, 0.15) is 5.02 Å². The van der Waals surface area contributed by atoms with Crippen LogP contribution in [-0.4, -0.2) is 34.7 Å². The second-order valence-electron chi connectivity index (χ2n) is 6.71. The molecule has 166 valence electrons. The van der Waals surface area contributed by atoms with Gasteiger partial charge in [0.25, 0.3) is 0 Å². The van der Waals surface area contributed by atoms with Crippen LogP contribution in [-0.2, 0) is 16.1 Å². The van der Waals surface area contributed by atoms with Gasteiger partial charge < -0.3 is 25.6 Å². The lowest BCUT2D eigenvalue weighted by molar-refractivity contribution is -0.139. The highest BCUT2D eigenvalue weighted by Crippen LogP contribution is 2.45. The van der Waals surface area contributed by atoms with E-state index in [4.69, 9.17) is 21.4 Å². The van der Waals surface area contributed by atoms with Gasteiger partial charge in [-0.2, -0.15) is 0 Å². The zero-order valence-electron chi connectivity index (χ0n) is 16.8. The normalized spacial score (nSPS) is 10.4. The molecule has 4 N–H and O–H groups in total. The van der Waals surface area contributed by atoms with Gasteiger partial charge in [0.15, 0.2) is 17.2 Å². The molecular formula is C22H19ClN2O6S. The molecule has 0 saturated heterocycles. The van der Waals surface area contributed by atoms with Crippen molar-refractivity contribution < 1.29 is 29.3 Å². The number of carboxylic acids is 2. The highest BCUT2D eigenvalue weighted by atomic mass is 35.5. The molecule has 0 saturated carbocycles. The third-order valence-electron chi connectivity index (χ3n) is 4.21. The molecule has 0 atom stereocenters.